The molecule has 0 radical (unpaired) electrons. The fourth-order valence-electron chi connectivity index (χ4n) is 3.18. The van der Waals surface area contributed by atoms with Crippen LogP contribution in [-0.2, 0) is 0 Å². The summed E-state index contributed by atoms with van der Waals surface area (Å²) >= 11 is 13.8. The molecule has 0 amide bonds. The van der Waals surface area contributed by atoms with Gasteiger partial charge < -0.3 is 0 Å². The standard InChI is InChI=1S/C19H9Cl2N3S/c20-18-22-17(23-19(21)24-18)14-9-13-11-6-3-4-8-15(11)25-16(13)12-7-2-1-5-10(12)14/h1-9H. The normalized spacial score (nSPS) is 11.6. The number of hydrogen-bond donors (Lipinski definition) is 0. The van der Waals surface area contributed by atoms with Gasteiger partial charge in [-0.3, -0.25) is 0 Å². The van der Waals surface area contributed by atoms with Crippen molar-refractivity contribution in [3.05, 3.63) is 65.2 Å². The third-order valence-corrected chi connectivity index (χ3v) is 5.76. The minimum Gasteiger partial charge on any atom is -0.198 e. The van der Waals surface area contributed by atoms with Gasteiger partial charge in [-0.05, 0) is 40.7 Å². The largest absolute Gasteiger partial charge is 0.227 e. The Morgan fingerprint density at radius 2 is 1.32 bits per heavy atom. The Hall–Kier alpha value is -2.27. The summed E-state index contributed by atoms with van der Waals surface area (Å²) in [6.07, 6.45) is 0. The van der Waals surface area contributed by atoms with E-state index in [1.54, 1.807) is 11.3 Å². The van der Waals surface area contributed by atoms with Crippen LogP contribution in [0.3, 0.4) is 0 Å². The molecule has 0 bridgehead atoms. The summed E-state index contributed by atoms with van der Waals surface area (Å²) in [7, 11) is 0. The quantitative estimate of drug-likeness (QED) is 0.338. The van der Waals surface area contributed by atoms with Crippen molar-refractivity contribution in [2.24, 2.45) is 0 Å². The third kappa shape index (κ3) is 2.37. The average Bonchev–Trinajstić information content (AvgIpc) is 2.99. The average molecular weight is 382 g/mol. The van der Waals surface area contributed by atoms with Gasteiger partial charge in [0.1, 0.15) is 0 Å². The molecule has 5 aromatic rings. The number of rotatable bonds is 1. The molecule has 0 saturated carbocycles. The third-order valence-electron chi connectivity index (χ3n) is 4.21. The molecule has 120 valence electrons. The summed E-state index contributed by atoms with van der Waals surface area (Å²) in [6, 6.07) is 18.8. The number of hydrogen-bond acceptors (Lipinski definition) is 4. The van der Waals surface area contributed by atoms with Crippen LogP contribution in [0.4, 0.5) is 0 Å². The van der Waals surface area contributed by atoms with E-state index in [0.29, 0.717) is 5.82 Å². The van der Waals surface area contributed by atoms with E-state index < -0.39 is 0 Å². The molecule has 0 unspecified atom stereocenters. The number of aromatic nitrogens is 3. The first kappa shape index (κ1) is 15.0. The highest BCUT2D eigenvalue weighted by molar-refractivity contribution is 7.26. The van der Waals surface area contributed by atoms with Crippen LogP contribution in [-0.4, -0.2) is 15.0 Å². The summed E-state index contributed by atoms with van der Waals surface area (Å²) in [4.78, 5) is 12.4. The lowest BCUT2D eigenvalue weighted by atomic mass is 10.00. The molecule has 0 aliphatic carbocycles. The minimum absolute atomic E-state index is 0.0920. The number of thiophene rings is 1. The van der Waals surface area contributed by atoms with Crippen LogP contribution in [0, 0.1) is 0 Å². The van der Waals surface area contributed by atoms with E-state index in [-0.39, 0.29) is 10.6 Å². The predicted molar refractivity (Wildman–Crippen MR) is 106 cm³/mol. The van der Waals surface area contributed by atoms with Gasteiger partial charge in [-0.1, -0.05) is 42.5 Å². The predicted octanol–water partition coefficient (Wildman–Crippen LogP) is 6.37. The van der Waals surface area contributed by atoms with E-state index in [2.05, 4.69) is 57.4 Å². The van der Waals surface area contributed by atoms with Crippen molar-refractivity contribution in [2.45, 2.75) is 0 Å². The molecule has 3 nitrogen and oxygen atoms in total. The molecule has 2 aromatic heterocycles. The van der Waals surface area contributed by atoms with Crippen molar-refractivity contribution in [2.75, 3.05) is 0 Å². The molecule has 25 heavy (non-hydrogen) atoms. The molecule has 3 aromatic carbocycles. The zero-order valence-electron chi connectivity index (χ0n) is 12.7. The van der Waals surface area contributed by atoms with Gasteiger partial charge >= 0.3 is 0 Å². The zero-order valence-corrected chi connectivity index (χ0v) is 15.0. The van der Waals surface area contributed by atoms with Gasteiger partial charge in [0.05, 0.1) is 0 Å². The second-order valence-corrected chi connectivity index (χ2v) is 7.37. The van der Waals surface area contributed by atoms with Crippen LogP contribution in [0.25, 0.3) is 42.3 Å². The summed E-state index contributed by atoms with van der Waals surface area (Å²) in [6.45, 7) is 0. The molecular formula is C19H9Cl2N3S. The first-order valence-electron chi connectivity index (χ1n) is 7.61. The molecule has 0 N–H and O–H groups in total. The van der Waals surface area contributed by atoms with Gasteiger partial charge in [-0.25, -0.2) is 0 Å². The highest BCUT2D eigenvalue weighted by atomic mass is 35.5. The number of halogens is 2. The smallest absolute Gasteiger partial charge is 0.198 e. The highest BCUT2D eigenvalue weighted by Crippen LogP contribution is 2.41. The monoisotopic (exact) mass is 381 g/mol. The molecule has 0 aliphatic rings. The van der Waals surface area contributed by atoms with Gasteiger partial charge in [0.15, 0.2) is 5.82 Å². The van der Waals surface area contributed by atoms with Gasteiger partial charge in [0, 0.05) is 31.1 Å². The Morgan fingerprint density at radius 1 is 0.680 bits per heavy atom. The van der Waals surface area contributed by atoms with Gasteiger partial charge in [-0.15, -0.1) is 11.3 Å². The van der Waals surface area contributed by atoms with Crippen LogP contribution >= 0.6 is 34.5 Å². The molecule has 5 rings (SSSR count). The van der Waals surface area contributed by atoms with Crippen molar-refractivity contribution >= 4 is 65.5 Å². The highest BCUT2D eigenvalue weighted by Gasteiger charge is 2.15. The maximum atomic E-state index is 6.00. The number of fused-ring (bicyclic) bond motifs is 5. The Labute approximate surface area is 156 Å². The van der Waals surface area contributed by atoms with E-state index >= 15 is 0 Å². The molecule has 0 spiro atoms. The van der Waals surface area contributed by atoms with Crippen LogP contribution in [0.5, 0.6) is 0 Å². The van der Waals surface area contributed by atoms with Gasteiger partial charge in [0.25, 0.3) is 0 Å². The molecule has 0 atom stereocenters. The first-order chi connectivity index (χ1) is 12.2. The molecule has 6 heteroatoms. The number of benzene rings is 3. The van der Waals surface area contributed by atoms with Crippen LogP contribution in [0.1, 0.15) is 0 Å². The van der Waals surface area contributed by atoms with E-state index in [4.69, 9.17) is 23.2 Å². The van der Waals surface area contributed by atoms with Gasteiger partial charge in [-0.2, -0.15) is 15.0 Å². The van der Waals surface area contributed by atoms with E-state index in [1.807, 2.05) is 12.1 Å². The number of nitrogens with zero attached hydrogens (tertiary/aromatic N) is 3. The molecular weight excluding hydrogens is 373 g/mol. The minimum atomic E-state index is 0.0920. The van der Waals surface area contributed by atoms with Crippen LogP contribution in [0.2, 0.25) is 10.6 Å². The lowest BCUT2D eigenvalue weighted by Crippen LogP contribution is -1.94. The van der Waals surface area contributed by atoms with E-state index in [9.17, 15) is 0 Å². The fraction of sp³-hybridized carbons (Fsp3) is 0. The summed E-state index contributed by atoms with van der Waals surface area (Å²) in [5.41, 5.74) is 0.901. The van der Waals surface area contributed by atoms with E-state index in [0.717, 1.165) is 10.9 Å². The van der Waals surface area contributed by atoms with E-state index in [1.165, 1.54) is 25.6 Å². The van der Waals surface area contributed by atoms with Crippen molar-refractivity contribution in [1.82, 2.24) is 15.0 Å². The Balaban J connectivity index is 1.99. The molecule has 2 heterocycles. The van der Waals surface area contributed by atoms with Crippen molar-refractivity contribution in [3.8, 4) is 11.4 Å². The SMILES string of the molecule is Clc1nc(Cl)nc(-c2cc3c4ccccc4sc3c3ccccc23)n1. The van der Waals surface area contributed by atoms with Crippen LogP contribution in [0.15, 0.2) is 54.6 Å². The molecule has 0 fully saturated rings. The van der Waals surface area contributed by atoms with Gasteiger partial charge in [0.2, 0.25) is 10.6 Å². The zero-order chi connectivity index (χ0) is 17.0. The Kier molecular flexibility index (Phi) is 3.38. The van der Waals surface area contributed by atoms with Crippen molar-refractivity contribution < 1.29 is 0 Å². The Bertz CT molecular complexity index is 1260. The summed E-state index contributed by atoms with van der Waals surface area (Å²) in [5.74, 6) is 0.485. The molecule has 0 saturated heterocycles. The summed E-state index contributed by atoms with van der Waals surface area (Å²) in [5, 5.41) is 4.83. The first-order valence-corrected chi connectivity index (χ1v) is 9.18. The maximum absolute atomic E-state index is 6.00. The lowest BCUT2D eigenvalue weighted by molar-refractivity contribution is 1.06. The lowest BCUT2D eigenvalue weighted by Gasteiger charge is -2.08. The van der Waals surface area contributed by atoms with Crippen molar-refractivity contribution in [1.29, 1.82) is 0 Å². The second-order valence-electron chi connectivity index (χ2n) is 5.64. The summed E-state index contributed by atoms with van der Waals surface area (Å²) < 4.78 is 2.51. The van der Waals surface area contributed by atoms with Crippen molar-refractivity contribution in [3.63, 3.8) is 0 Å². The van der Waals surface area contributed by atoms with Crippen LogP contribution < -0.4 is 0 Å². The maximum Gasteiger partial charge on any atom is 0.227 e. The topological polar surface area (TPSA) is 38.7 Å². The molecule has 0 aliphatic heterocycles. The second kappa shape index (κ2) is 5.63. The Morgan fingerprint density at radius 3 is 2.08 bits per heavy atom. The fourth-order valence-corrected chi connectivity index (χ4v) is 4.76.